The van der Waals surface area contributed by atoms with E-state index in [1.54, 1.807) is 0 Å². The standard InChI is InChI=1S/C14H16BrN3O/c1-9-5-4-6-10(11(9)15)12-17-13(18-19-12)14(16)7-2-3-8-14/h4-6H,2-3,7-8,16H2,1H3. The van der Waals surface area contributed by atoms with Gasteiger partial charge in [-0.1, -0.05) is 30.1 Å². The number of halogens is 1. The van der Waals surface area contributed by atoms with Crippen LogP contribution in [0, 0.1) is 6.92 Å². The third-order valence-electron chi connectivity index (χ3n) is 3.79. The monoisotopic (exact) mass is 321 g/mol. The lowest BCUT2D eigenvalue weighted by Crippen LogP contribution is -2.34. The summed E-state index contributed by atoms with van der Waals surface area (Å²) in [6.07, 6.45) is 4.13. The summed E-state index contributed by atoms with van der Waals surface area (Å²) in [5.41, 5.74) is 7.99. The largest absolute Gasteiger partial charge is 0.334 e. The minimum absolute atomic E-state index is 0.405. The topological polar surface area (TPSA) is 64.9 Å². The van der Waals surface area contributed by atoms with E-state index in [2.05, 4.69) is 26.1 Å². The van der Waals surface area contributed by atoms with Crippen LogP contribution in [0.15, 0.2) is 27.2 Å². The molecule has 1 aliphatic carbocycles. The van der Waals surface area contributed by atoms with Crippen molar-refractivity contribution in [3.05, 3.63) is 34.1 Å². The molecule has 4 nitrogen and oxygen atoms in total. The van der Waals surface area contributed by atoms with E-state index < -0.39 is 5.54 Å². The third-order valence-corrected chi connectivity index (χ3v) is 4.84. The van der Waals surface area contributed by atoms with Crippen molar-refractivity contribution in [3.8, 4) is 11.5 Å². The van der Waals surface area contributed by atoms with Crippen molar-refractivity contribution in [3.63, 3.8) is 0 Å². The third kappa shape index (κ3) is 2.21. The van der Waals surface area contributed by atoms with E-state index in [-0.39, 0.29) is 0 Å². The van der Waals surface area contributed by atoms with Crippen molar-refractivity contribution >= 4 is 15.9 Å². The van der Waals surface area contributed by atoms with Gasteiger partial charge < -0.3 is 10.3 Å². The van der Waals surface area contributed by atoms with Gasteiger partial charge in [-0.05, 0) is 47.3 Å². The Morgan fingerprint density at radius 2 is 2.05 bits per heavy atom. The van der Waals surface area contributed by atoms with E-state index in [1.165, 1.54) is 0 Å². The van der Waals surface area contributed by atoms with E-state index >= 15 is 0 Å². The van der Waals surface area contributed by atoms with Crippen LogP contribution in [-0.4, -0.2) is 10.1 Å². The quantitative estimate of drug-likeness (QED) is 0.918. The Hall–Kier alpha value is -1.20. The molecule has 1 aromatic heterocycles. The van der Waals surface area contributed by atoms with Crippen LogP contribution in [0.1, 0.15) is 37.1 Å². The van der Waals surface area contributed by atoms with Gasteiger partial charge in [0.1, 0.15) is 0 Å². The number of rotatable bonds is 2. The maximum Gasteiger partial charge on any atom is 0.259 e. The molecule has 0 amide bonds. The molecule has 0 spiro atoms. The fourth-order valence-corrected chi connectivity index (χ4v) is 3.01. The Balaban J connectivity index is 1.99. The number of nitrogens with two attached hydrogens (primary N) is 1. The van der Waals surface area contributed by atoms with Crippen LogP contribution in [-0.2, 0) is 5.54 Å². The number of aromatic nitrogens is 2. The molecule has 1 saturated carbocycles. The van der Waals surface area contributed by atoms with E-state index in [1.807, 2.05) is 25.1 Å². The lowest BCUT2D eigenvalue weighted by Gasteiger charge is -2.17. The summed E-state index contributed by atoms with van der Waals surface area (Å²) >= 11 is 3.56. The molecule has 0 aliphatic heterocycles. The smallest absolute Gasteiger partial charge is 0.259 e. The van der Waals surface area contributed by atoms with Gasteiger partial charge in [0.2, 0.25) is 0 Å². The number of benzene rings is 1. The molecule has 0 unspecified atom stereocenters. The minimum Gasteiger partial charge on any atom is -0.334 e. The normalized spacial score (nSPS) is 17.8. The van der Waals surface area contributed by atoms with Crippen molar-refractivity contribution in [2.24, 2.45) is 5.73 Å². The molecule has 0 bridgehead atoms. The van der Waals surface area contributed by atoms with Crippen LogP contribution >= 0.6 is 15.9 Å². The highest BCUT2D eigenvalue weighted by Crippen LogP contribution is 2.36. The molecular formula is C14H16BrN3O. The number of nitrogens with zero attached hydrogens (tertiary/aromatic N) is 2. The first-order valence-corrected chi connectivity index (χ1v) is 7.28. The molecule has 2 aromatic rings. The van der Waals surface area contributed by atoms with Crippen molar-refractivity contribution < 1.29 is 4.52 Å². The first kappa shape index (κ1) is 12.8. The SMILES string of the molecule is Cc1cccc(-c2nc(C3(N)CCCC3)no2)c1Br. The summed E-state index contributed by atoms with van der Waals surface area (Å²) in [4.78, 5) is 4.50. The number of aryl methyl sites for hydroxylation is 1. The molecule has 2 N–H and O–H groups in total. The summed E-state index contributed by atoms with van der Waals surface area (Å²) < 4.78 is 6.38. The summed E-state index contributed by atoms with van der Waals surface area (Å²) in [5, 5.41) is 4.09. The first-order valence-electron chi connectivity index (χ1n) is 6.49. The second-order valence-electron chi connectivity index (χ2n) is 5.22. The zero-order chi connectivity index (χ0) is 13.5. The highest BCUT2D eigenvalue weighted by Gasteiger charge is 2.36. The molecular weight excluding hydrogens is 306 g/mol. The molecule has 100 valence electrons. The van der Waals surface area contributed by atoms with Gasteiger partial charge in [0.25, 0.3) is 5.89 Å². The van der Waals surface area contributed by atoms with Crippen LogP contribution in [0.25, 0.3) is 11.5 Å². The highest BCUT2D eigenvalue weighted by atomic mass is 79.9. The molecule has 0 atom stereocenters. The lowest BCUT2D eigenvalue weighted by atomic mass is 9.98. The Bertz CT molecular complexity index is 602. The summed E-state index contributed by atoms with van der Waals surface area (Å²) in [7, 11) is 0. The first-order chi connectivity index (χ1) is 9.10. The van der Waals surface area contributed by atoms with Crippen molar-refractivity contribution in [2.75, 3.05) is 0 Å². The van der Waals surface area contributed by atoms with Crippen molar-refractivity contribution in [1.29, 1.82) is 0 Å². The second kappa shape index (κ2) is 4.72. The van der Waals surface area contributed by atoms with Gasteiger partial charge in [0.05, 0.1) is 11.1 Å². The Morgan fingerprint density at radius 3 is 2.79 bits per heavy atom. The average Bonchev–Trinajstić information content (AvgIpc) is 3.02. The maximum atomic E-state index is 6.34. The van der Waals surface area contributed by atoms with Gasteiger partial charge in [0, 0.05) is 4.47 Å². The molecule has 1 fully saturated rings. The second-order valence-corrected chi connectivity index (χ2v) is 6.02. The van der Waals surface area contributed by atoms with E-state index in [0.29, 0.717) is 11.7 Å². The van der Waals surface area contributed by atoms with Crippen LogP contribution in [0.5, 0.6) is 0 Å². The number of hydrogen-bond acceptors (Lipinski definition) is 4. The van der Waals surface area contributed by atoms with Crippen LogP contribution in [0.4, 0.5) is 0 Å². The Kier molecular flexibility index (Phi) is 3.19. The number of hydrogen-bond donors (Lipinski definition) is 1. The summed E-state index contributed by atoms with van der Waals surface area (Å²) in [5.74, 6) is 1.16. The molecule has 1 aromatic carbocycles. The van der Waals surface area contributed by atoms with Gasteiger partial charge in [-0.3, -0.25) is 0 Å². The Morgan fingerprint density at radius 1 is 1.32 bits per heavy atom. The fraction of sp³-hybridized carbons (Fsp3) is 0.429. The van der Waals surface area contributed by atoms with Gasteiger partial charge in [-0.25, -0.2) is 0 Å². The average molecular weight is 322 g/mol. The molecule has 19 heavy (non-hydrogen) atoms. The molecule has 5 heteroatoms. The van der Waals surface area contributed by atoms with Crippen molar-refractivity contribution in [2.45, 2.75) is 38.1 Å². The molecule has 1 aliphatic rings. The maximum absolute atomic E-state index is 6.34. The molecule has 1 heterocycles. The summed E-state index contributed by atoms with van der Waals surface area (Å²) in [6, 6.07) is 5.98. The minimum atomic E-state index is -0.405. The van der Waals surface area contributed by atoms with Gasteiger partial charge in [-0.2, -0.15) is 4.98 Å². The van der Waals surface area contributed by atoms with Gasteiger partial charge in [0.15, 0.2) is 5.82 Å². The Labute approximate surface area is 120 Å². The van der Waals surface area contributed by atoms with Crippen molar-refractivity contribution in [1.82, 2.24) is 10.1 Å². The van der Waals surface area contributed by atoms with E-state index in [4.69, 9.17) is 10.3 Å². The van der Waals surface area contributed by atoms with Gasteiger partial charge in [-0.15, -0.1) is 0 Å². The highest BCUT2D eigenvalue weighted by molar-refractivity contribution is 9.10. The lowest BCUT2D eigenvalue weighted by molar-refractivity contribution is 0.372. The predicted octanol–water partition coefficient (Wildman–Crippen LogP) is 3.54. The zero-order valence-corrected chi connectivity index (χ0v) is 12.4. The summed E-state index contributed by atoms with van der Waals surface area (Å²) in [6.45, 7) is 2.03. The molecule has 3 rings (SSSR count). The van der Waals surface area contributed by atoms with E-state index in [0.717, 1.165) is 41.3 Å². The van der Waals surface area contributed by atoms with Gasteiger partial charge >= 0.3 is 0 Å². The van der Waals surface area contributed by atoms with E-state index in [9.17, 15) is 0 Å². The molecule has 0 radical (unpaired) electrons. The van der Waals surface area contributed by atoms with Crippen LogP contribution < -0.4 is 5.73 Å². The zero-order valence-electron chi connectivity index (χ0n) is 10.8. The predicted molar refractivity (Wildman–Crippen MR) is 76.5 cm³/mol. The van der Waals surface area contributed by atoms with Crippen LogP contribution in [0.3, 0.4) is 0 Å². The van der Waals surface area contributed by atoms with Crippen LogP contribution in [0.2, 0.25) is 0 Å². The fourth-order valence-electron chi connectivity index (χ4n) is 2.58. The molecule has 0 saturated heterocycles.